The molecule has 0 aliphatic rings. The number of alkyl carbamates (subject to hydrolysis) is 1. The van der Waals surface area contributed by atoms with E-state index in [4.69, 9.17) is 4.74 Å². The predicted molar refractivity (Wildman–Crippen MR) is 197 cm³/mol. The second-order valence-corrected chi connectivity index (χ2v) is 16.8. The van der Waals surface area contributed by atoms with Gasteiger partial charge in [-0.15, -0.1) is 16.4 Å². The molecule has 5 aromatic rings. The standard InChI is InChI=1S/C37H41F3N6O6S2/c1-36(2,3)19-20-46(54(50,51)25-15-16-26-27(21-25)44-45-43-26)28(22-47)29-17-18-30(53-29)33(37(38,39)40)42-34(48)32(41-35(49)52-4)31(23-11-7-5-8-12-23)24-13-9-6-10-14-24/h5-18,21,28,31-33,47H,19-20,22H2,1-4H3,(H,41,49)(H,42,48)(H,43,44,45)/t28-,32+,33-/m1/s1. The third-order valence-electron chi connectivity index (χ3n) is 8.77. The molecule has 0 fully saturated rings. The van der Waals surface area contributed by atoms with Crippen LogP contribution in [0.5, 0.6) is 0 Å². The number of nitrogens with one attached hydrogen (secondary N) is 3. The Morgan fingerprint density at radius 1 is 0.926 bits per heavy atom. The highest BCUT2D eigenvalue weighted by Gasteiger charge is 2.46. The molecule has 0 bridgehead atoms. The van der Waals surface area contributed by atoms with E-state index in [1.54, 1.807) is 60.7 Å². The highest BCUT2D eigenvalue weighted by atomic mass is 32.2. The number of H-pyrrole nitrogens is 1. The van der Waals surface area contributed by atoms with Crippen LogP contribution >= 0.6 is 11.3 Å². The maximum atomic E-state index is 14.9. The Kier molecular flexibility index (Phi) is 12.5. The fraction of sp³-hybridized carbons (Fsp3) is 0.351. The van der Waals surface area contributed by atoms with Gasteiger partial charge in [0.05, 0.1) is 30.2 Å². The lowest BCUT2D eigenvalue weighted by atomic mass is 9.84. The highest BCUT2D eigenvalue weighted by Crippen LogP contribution is 2.41. The van der Waals surface area contributed by atoms with Gasteiger partial charge in [-0.1, -0.05) is 86.6 Å². The molecule has 0 saturated carbocycles. The van der Waals surface area contributed by atoms with Crippen LogP contribution in [0.1, 0.15) is 66.1 Å². The molecular formula is C37H41F3N6O6S2. The van der Waals surface area contributed by atoms with Crippen molar-refractivity contribution in [3.05, 3.63) is 112 Å². The molecule has 54 heavy (non-hydrogen) atoms. The number of methoxy groups -OCH3 is 1. The van der Waals surface area contributed by atoms with Crippen LogP contribution in [0.3, 0.4) is 0 Å². The maximum absolute atomic E-state index is 14.9. The Morgan fingerprint density at radius 2 is 1.54 bits per heavy atom. The summed E-state index contributed by atoms with van der Waals surface area (Å²) in [6, 6.07) is 18.4. The number of fused-ring (bicyclic) bond motifs is 1. The zero-order valence-corrected chi connectivity index (χ0v) is 31.5. The number of halogens is 3. The first kappa shape index (κ1) is 40.3. The number of aliphatic hydroxyl groups is 1. The van der Waals surface area contributed by atoms with Gasteiger partial charge in [0.2, 0.25) is 15.9 Å². The quantitative estimate of drug-likeness (QED) is 0.0996. The summed E-state index contributed by atoms with van der Waals surface area (Å²) < 4.78 is 79.0. The molecule has 2 aromatic heterocycles. The largest absolute Gasteiger partial charge is 0.453 e. The molecule has 0 saturated heterocycles. The summed E-state index contributed by atoms with van der Waals surface area (Å²) >= 11 is 0.612. The smallest absolute Gasteiger partial charge is 0.413 e. The number of hydrogen-bond donors (Lipinski definition) is 4. The van der Waals surface area contributed by atoms with Gasteiger partial charge in [-0.2, -0.15) is 17.5 Å². The molecule has 0 aliphatic carbocycles. The highest BCUT2D eigenvalue weighted by molar-refractivity contribution is 7.89. The summed E-state index contributed by atoms with van der Waals surface area (Å²) in [4.78, 5) is 26.2. The van der Waals surface area contributed by atoms with E-state index in [0.717, 1.165) is 17.5 Å². The van der Waals surface area contributed by atoms with Gasteiger partial charge in [0, 0.05) is 22.2 Å². The number of nitrogens with zero attached hydrogens (tertiary/aromatic N) is 3. The third kappa shape index (κ3) is 9.44. The van der Waals surface area contributed by atoms with Crippen LogP contribution in [0, 0.1) is 5.41 Å². The summed E-state index contributed by atoms with van der Waals surface area (Å²) in [5.41, 5.74) is 1.54. The van der Waals surface area contributed by atoms with Gasteiger partial charge in [0.1, 0.15) is 11.6 Å². The number of sulfonamides is 1. The lowest BCUT2D eigenvalue weighted by Crippen LogP contribution is -2.52. The van der Waals surface area contributed by atoms with Crippen molar-refractivity contribution in [2.24, 2.45) is 5.41 Å². The molecule has 4 N–H and O–H groups in total. The molecule has 288 valence electrons. The number of aromatic amines is 1. The van der Waals surface area contributed by atoms with Crippen LogP contribution in [0.25, 0.3) is 11.0 Å². The van der Waals surface area contributed by atoms with Crippen LogP contribution in [-0.2, 0) is 19.6 Å². The number of alkyl halides is 3. The Hall–Kier alpha value is -4.84. The first-order chi connectivity index (χ1) is 25.5. The van der Waals surface area contributed by atoms with E-state index in [9.17, 15) is 36.3 Å². The normalized spacial score (nSPS) is 14.2. The molecule has 0 spiro atoms. The second kappa shape index (κ2) is 16.7. The molecule has 2 amide bonds. The lowest BCUT2D eigenvalue weighted by molar-refractivity contribution is -0.163. The van der Waals surface area contributed by atoms with Gasteiger partial charge in [0.25, 0.3) is 0 Å². The first-order valence-corrected chi connectivity index (χ1v) is 19.1. The summed E-state index contributed by atoms with van der Waals surface area (Å²) in [5.74, 6) is -2.07. The Labute approximate surface area is 314 Å². The zero-order valence-electron chi connectivity index (χ0n) is 29.9. The average molecular weight is 787 g/mol. The van der Waals surface area contributed by atoms with Crippen LogP contribution in [0.15, 0.2) is 95.9 Å². The average Bonchev–Trinajstić information content (AvgIpc) is 3.81. The Balaban J connectivity index is 1.52. The molecule has 12 nitrogen and oxygen atoms in total. The molecule has 0 unspecified atom stereocenters. The fourth-order valence-electron chi connectivity index (χ4n) is 5.97. The van der Waals surface area contributed by atoms with Gasteiger partial charge in [-0.3, -0.25) is 9.89 Å². The number of benzene rings is 3. The van der Waals surface area contributed by atoms with E-state index >= 15 is 0 Å². The summed E-state index contributed by atoms with van der Waals surface area (Å²) in [6.45, 7) is 4.93. The van der Waals surface area contributed by atoms with E-state index in [1.807, 2.05) is 20.8 Å². The van der Waals surface area contributed by atoms with E-state index in [0.29, 0.717) is 39.9 Å². The first-order valence-electron chi connectivity index (χ1n) is 16.9. The molecule has 3 aromatic carbocycles. The van der Waals surface area contributed by atoms with E-state index in [2.05, 4.69) is 26.0 Å². The number of thiophene rings is 1. The minimum Gasteiger partial charge on any atom is -0.453 e. The minimum atomic E-state index is -5.02. The number of carbonyl (C=O) groups is 2. The van der Waals surface area contributed by atoms with E-state index < -0.39 is 58.9 Å². The molecular weight excluding hydrogens is 746 g/mol. The van der Waals surface area contributed by atoms with Gasteiger partial charge in [-0.05, 0) is 53.3 Å². The monoisotopic (exact) mass is 786 g/mol. The molecule has 17 heteroatoms. The molecule has 0 radical (unpaired) electrons. The van der Waals surface area contributed by atoms with E-state index in [-0.39, 0.29) is 26.6 Å². The molecule has 2 heterocycles. The summed E-state index contributed by atoms with van der Waals surface area (Å²) in [5, 5.41) is 25.4. The van der Waals surface area contributed by atoms with Gasteiger partial charge < -0.3 is 20.5 Å². The SMILES string of the molecule is COC(=O)N[C@H](C(=O)N[C@H](c1ccc([C@@H](CO)N(CCC(C)(C)C)S(=O)(=O)c2ccc3nn[nH]c3c2)s1)C(F)(F)F)C(c1ccccc1)c1ccccc1. The van der Waals surface area contributed by atoms with Gasteiger partial charge in [0.15, 0.2) is 6.04 Å². The van der Waals surface area contributed by atoms with Crippen molar-refractivity contribution in [2.45, 2.75) is 62.3 Å². The number of ether oxygens (including phenoxy) is 1. The zero-order chi connectivity index (χ0) is 39.3. The Morgan fingerprint density at radius 3 is 2.09 bits per heavy atom. The summed E-state index contributed by atoms with van der Waals surface area (Å²) in [6.07, 6.45) is -5.70. The molecule has 3 atom stereocenters. The van der Waals surface area contributed by atoms with Crippen LogP contribution in [-0.4, -0.2) is 77.7 Å². The van der Waals surface area contributed by atoms with Crippen molar-refractivity contribution >= 4 is 44.4 Å². The summed E-state index contributed by atoms with van der Waals surface area (Å²) in [7, 11) is -3.26. The van der Waals surface area contributed by atoms with Crippen LogP contribution < -0.4 is 10.6 Å². The fourth-order valence-corrected chi connectivity index (χ4v) is 8.85. The number of carbonyl (C=O) groups excluding carboxylic acids is 2. The van der Waals surface area contributed by atoms with Crippen molar-refractivity contribution in [2.75, 3.05) is 20.3 Å². The Bertz CT molecular complexity index is 2100. The number of amides is 2. The second-order valence-electron chi connectivity index (χ2n) is 13.8. The predicted octanol–water partition coefficient (Wildman–Crippen LogP) is 6.46. The number of rotatable bonds is 14. The van der Waals surface area contributed by atoms with Gasteiger partial charge >= 0.3 is 12.3 Å². The number of aromatic nitrogens is 3. The van der Waals surface area contributed by atoms with Crippen LogP contribution in [0.2, 0.25) is 0 Å². The molecule has 5 rings (SSSR count). The third-order valence-corrected chi connectivity index (χ3v) is 11.9. The van der Waals surface area contributed by atoms with Crippen molar-refractivity contribution in [1.82, 2.24) is 30.3 Å². The van der Waals surface area contributed by atoms with Crippen molar-refractivity contribution < 1.29 is 41.0 Å². The number of hydrogen-bond acceptors (Lipinski definition) is 9. The van der Waals surface area contributed by atoms with Crippen LogP contribution in [0.4, 0.5) is 18.0 Å². The number of aliphatic hydroxyl groups excluding tert-OH is 1. The molecule has 0 aliphatic heterocycles. The lowest BCUT2D eigenvalue weighted by Gasteiger charge is -2.32. The van der Waals surface area contributed by atoms with Crippen molar-refractivity contribution in [1.29, 1.82) is 0 Å². The minimum absolute atomic E-state index is 0.0652. The topological polar surface area (TPSA) is 167 Å². The van der Waals surface area contributed by atoms with Crippen molar-refractivity contribution in [3.63, 3.8) is 0 Å². The maximum Gasteiger partial charge on any atom is 0.413 e. The van der Waals surface area contributed by atoms with E-state index in [1.165, 1.54) is 24.3 Å². The van der Waals surface area contributed by atoms with Gasteiger partial charge in [-0.25, -0.2) is 13.2 Å². The van der Waals surface area contributed by atoms with Crippen molar-refractivity contribution in [3.8, 4) is 0 Å².